The molecule has 2 aromatic rings. The lowest BCUT2D eigenvalue weighted by atomic mass is 10.2. The van der Waals surface area contributed by atoms with E-state index in [0.717, 1.165) is 37.6 Å². The molecule has 0 unspecified atom stereocenters. The number of nitrogens with one attached hydrogen (secondary N) is 1. The van der Waals surface area contributed by atoms with Crippen molar-refractivity contribution in [1.29, 1.82) is 0 Å². The number of amides is 1. The summed E-state index contributed by atoms with van der Waals surface area (Å²) < 4.78 is 10.7. The fourth-order valence-corrected chi connectivity index (χ4v) is 3.00. The summed E-state index contributed by atoms with van der Waals surface area (Å²) in [5.74, 6) is 0.00102. The fraction of sp³-hybridized carbons (Fsp3) is 0.263. The van der Waals surface area contributed by atoms with Gasteiger partial charge in [0, 0.05) is 23.8 Å². The molecule has 1 aliphatic rings. The van der Waals surface area contributed by atoms with Gasteiger partial charge < -0.3 is 14.4 Å². The molecular weight excluding hydrogens is 389 g/mol. The summed E-state index contributed by atoms with van der Waals surface area (Å²) in [5.41, 5.74) is 4.45. The van der Waals surface area contributed by atoms with Gasteiger partial charge in [-0.05, 0) is 35.9 Å². The van der Waals surface area contributed by atoms with E-state index in [1.807, 2.05) is 24.3 Å². The molecule has 142 valence electrons. The van der Waals surface area contributed by atoms with Crippen molar-refractivity contribution in [2.45, 2.75) is 0 Å². The van der Waals surface area contributed by atoms with E-state index in [1.54, 1.807) is 24.4 Å². The highest BCUT2D eigenvalue weighted by Gasteiger charge is 2.10. The van der Waals surface area contributed by atoms with Gasteiger partial charge in [-0.25, -0.2) is 5.43 Å². The summed E-state index contributed by atoms with van der Waals surface area (Å²) in [7, 11) is 0. The highest BCUT2D eigenvalue weighted by Crippen LogP contribution is 2.27. The molecule has 0 spiro atoms. The maximum Gasteiger partial charge on any atom is 0.277 e. The van der Waals surface area contributed by atoms with Crippen LogP contribution in [0.2, 0.25) is 10.0 Å². The normalized spacial score (nSPS) is 14.4. The predicted molar refractivity (Wildman–Crippen MR) is 107 cm³/mol. The van der Waals surface area contributed by atoms with Crippen LogP contribution in [0.1, 0.15) is 5.56 Å². The first-order chi connectivity index (χ1) is 13.1. The van der Waals surface area contributed by atoms with Crippen LogP contribution in [0.15, 0.2) is 47.6 Å². The second-order valence-electron chi connectivity index (χ2n) is 5.85. The van der Waals surface area contributed by atoms with Gasteiger partial charge in [-0.3, -0.25) is 4.79 Å². The van der Waals surface area contributed by atoms with Gasteiger partial charge in [0.2, 0.25) is 0 Å². The first-order valence-electron chi connectivity index (χ1n) is 8.44. The summed E-state index contributed by atoms with van der Waals surface area (Å²) >= 11 is 11.8. The molecule has 1 N–H and O–H groups in total. The Hall–Kier alpha value is -2.28. The number of morpholine rings is 1. The van der Waals surface area contributed by atoms with Gasteiger partial charge >= 0.3 is 0 Å². The van der Waals surface area contributed by atoms with Crippen molar-refractivity contribution in [1.82, 2.24) is 5.43 Å². The first-order valence-corrected chi connectivity index (χ1v) is 9.20. The van der Waals surface area contributed by atoms with Gasteiger partial charge in [-0.2, -0.15) is 5.10 Å². The number of nitrogens with zero attached hydrogens (tertiary/aromatic N) is 2. The molecule has 3 rings (SSSR count). The largest absolute Gasteiger partial charge is 0.482 e. The molecule has 0 radical (unpaired) electrons. The van der Waals surface area contributed by atoms with Crippen LogP contribution in [0.3, 0.4) is 0 Å². The Morgan fingerprint density at radius 2 is 1.93 bits per heavy atom. The number of carbonyl (C=O) groups is 1. The molecule has 1 amide bonds. The van der Waals surface area contributed by atoms with E-state index in [9.17, 15) is 4.79 Å². The summed E-state index contributed by atoms with van der Waals surface area (Å²) in [4.78, 5) is 14.1. The smallest absolute Gasteiger partial charge is 0.277 e. The average Bonchev–Trinajstić information content (AvgIpc) is 2.68. The highest BCUT2D eigenvalue weighted by atomic mass is 35.5. The topological polar surface area (TPSA) is 63.2 Å². The third-order valence-corrected chi connectivity index (χ3v) is 4.46. The van der Waals surface area contributed by atoms with Crippen molar-refractivity contribution in [2.75, 3.05) is 37.8 Å². The number of hydrazone groups is 1. The van der Waals surface area contributed by atoms with Gasteiger partial charge in [0.05, 0.1) is 24.5 Å². The van der Waals surface area contributed by atoms with Crippen molar-refractivity contribution >= 4 is 41.0 Å². The fourth-order valence-electron chi connectivity index (χ4n) is 2.54. The lowest BCUT2D eigenvalue weighted by Gasteiger charge is -2.28. The molecule has 8 heteroatoms. The monoisotopic (exact) mass is 407 g/mol. The van der Waals surface area contributed by atoms with Crippen LogP contribution in [-0.2, 0) is 9.53 Å². The quantitative estimate of drug-likeness (QED) is 0.588. The van der Waals surface area contributed by atoms with Crippen molar-refractivity contribution in [3.05, 3.63) is 58.1 Å². The Morgan fingerprint density at radius 1 is 1.19 bits per heavy atom. The minimum atomic E-state index is -0.387. The van der Waals surface area contributed by atoms with E-state index in [1.165, 1.54) is 0 Å². The molecule has 0 bridgehead atoms. The molecule has 0 atom stereocenters. The minimum absolute atomic E-state index is 0.200. The van der Waals surface area contributed by atoms with E-state index in [0.29, 0.717) is 15.8 Å². The van der Waals surface area contributed by atoms with E-state index >= 15 is 0 Å². The van der Waals surface area contributed by atoms with Gasteiger partial charge in [-0.15, -0.1) is 0 Å². The predicted octanol–water partition coefficient (Wildman–Crippen LogP) is 3.36. The van der Waals surface area contributed by atoms with Gasteiger partial charge in [0.25, 0.3) is 5.91 Å². The molecule has 27 heavy (non-hydrogen) atoms. The van der Waals surface area contributed by atoms with Crippen LogP contribution >= 0.6 is 23.2 Å². The van der Waals surface area contributed by atoms with Crippen molar-refractivity contribution in [2.24, 2.45) is 5.10 Å². The number of hydrogen-bond acceptors (Lipinski definition) is 5. The van der Waals surface area contributed by atoms with E-state index in [4.69, 9.17) is 32.7 Å². The van der Waals surface area contributed by atoms with Gasteiger partial charge in [0.1, 0.15) is 5.75 Å². The summed E-state index contributed by atoms with van der Waals surface area (Å²) in [6.07, 6.45) is 1.58. The summed E-state index contributed by atoms with van der Waals surface area (Å²) in [6, 6.07) is 12.8. The zero-order valence-corrected chi connectivity index (χ0v) is 16.0. The number of rotatable bonds is 6. The molecule has 1 fully saturated rings. The standard InChI is InChI=1S/C19H19Cl2N3O3/c20-15-3-6-18(17(21)11-15)27-13-19(25)23-22-12-14-1-4-16(5-2-14)24-7-9-26-10-8-24/h1-6,11-12H,7-10,13H2,(H,23,25)/b22-12-. The Morgan fingerprint density at radius 3 is 2.63 bits per heavy atom. The number of carbonyl (C=O) groups excluding carboxylic acids is 1. The van der Waals surface area contributed by atoms with Crippen molar-refractivity contribution in [3.63, 3.8) is 0 Å². The molecule has 0 aliphatic carbocycles. The lowest BCUT2D eigenvalue weighted by molar-refractivity contribution is -0.123. The molecule has 1 saturated heterocycles. The van der Waals surface area contributed by atoms with Crippen LogP contribution in [0.4, 0.5) is 5.69 Å². The van der Waals surface area contributed by atoms with Crippen LogP contribution in [-0.4, -0.2) is 45.0 Å². The minimum Gasteiger partial charge on any atom is -0.482 e. The second-order valence-corrected chi connectivity index (χ2v) is 6.69. The zero-order valence-electron chi connectivity index (χ0n) is 14.5. The molecule has 6 nitrogen and oxygen atoms in total. The number of anilines is 1. The lowest BCUT2D eigenvalue weighted by Crippen LogP contribution is -2.36. The van der Waals surface area contributed by atoms with E-state index in [-0.39, 0.29) is 12.5 Å². The third-order valence-electron chi connectivity index (χ3n) is 3.92. The molecule has 2 aromatic carbocycles. The Balaban J connectivity index is 1.46. The maximum atomic E-state index is 11.8. The molecular formula is C19H19Cl2N3O3. The Labute approximate surface area is 167 Å². The van der Waals surface area contributed by atoms with E-state index < -0.39 is 0 Å². The maximum absolute atomic E-state index is 11.8. The Bertz CT molecular complexity index is 806. The SMILES string of the molecule is O=C(COc1ccc(Cl)cc1Cl)N/N=C\c1ccc(N2CCOCC2)cc1. The second kappa shape index (κ2) is 9.60. The van der Waals surface area contributed by atoms with Crippen LogP contribution < -0.4 is 15.1 Å². The molecule has 0 saturated carbocycles. The highest BCUT2D eigenvalue weighted by molar-refractivity contribution is 6.35. The molecule has 0 aromatic heterocycles. The zero-order chi connectivity index (χ0) is 19.1. The van der Waals surface area contributed by atoms with Crippen LogP contribution in [0.5, 0.6) is 5.75 Å². The summed E-state index contributed by atoms with van der Waals surface area (Å²) in [5, 5.41) is 4.79. The Kier molecular flexibility index (Phi) is 6.92. The first kappa shape index (κ1) is 19.5. The van der Waals surface area contributed by atoms with Gasteiger partial charge in [-0.1, -0.05) is 35.3 Å². The van der Waals surface area contributed by atoms with Crippen molar-refractivity contribution < 1.29 is 14.3 Å². The van der Waals surface area contributed by atoms with Gasteiger partial charge in [0.15, 0.2) is 6.61 Å². The molecule has 1 heterocycles. The van der Waals surface area contributed by atoms with Crippen LogP contribution in [0, 0.1) is 0 Å². The van der Waals surface area contributed by atoms with E-state index in [2.05, 4.69) is 15.4 Å². The van der Waals surface area contributed by atoms with Crippen molar-refractivity contribution in [3.8, 4) is 5.75 Å². The molecule has 1 aliphatic heterocycles. The number of hydrogen-bond donors (Lipinski definition) is 1. The average molecular weight is 408 g/mol. The summed E-state index contributed by atoms with van der Waals surface area (Å²) in [6.45, 7) is 3.08. The number of benzene rings is 2. The third kappa shape index (κ3) is 5.85. The van der Waals surface area contributed by atoms with Crippen LogP contribution in [0.25, 0.3) is 0 Å². The number of ether oxygens (including phenoxy) is 2. The number of halogens is 2.